The number of halogens is 2. The molecule has 0 aliphatic heterocycles. The van der Waals surface area contributed by atoms with Crippen LogP contribution in [-0.2, 0) is 11.3 Å². The van der Waals surface area contributed by atoms with E-state index in [4.69, 9.17) is 11.6 Å². The molecule has 1 aliphatic carbocycles. The largest absolute Gasteiger partial charge is 0.340 e. The molecule has 0 saturated heterocycles. The summed E-state index contributed by atoms with van der Waals surface area (Å²) in [6.07, 6.45) is 0.904. The van der Waals surface area contributed by atoms with Crippen LogP contribution in [0.15, 0.2) is 40.2 Å². The lowest BCUT2D eigenvalue weighted by Gasteiger charge is -2.16. The van der Waals surface area contributed by atoms with Gasteiger partial charge in [-0.3, -0.25) is 4.79 Å². The fourth-order valence-corrected chi connectivity index (χ4v) is 4.43. The van der Waals surface area contributed by atoms with Gasteiger partial charge in [-0.15, -0.1) is 11.3 Å². The quantitative estimate of drug-likeness (QED) is 0.732. The highest BCUT2D eigenvalue weighted by Crippen LogP contribution is 2.50. The van der Waals surface area contributed by atoms with Crippen LogP contribution < -0.4 is 0 Å². The van der Waals surface area contributed by atoms with E-state index >= 15 is 0 Å². The molecule has 1 saturated carbocycles. The smallest absolute Gasteiger partial charge is 0.226 e. The molecule has 0 radical (unpaired) electrons. The van der Waals surface area contributed by atoms with Gasteiger partial charge in [0.05, 0.1) is 10.3 Å². The van der Waals surface area contributed by atoms with Crippen molar-refractivity contribution in [3.8, 4) is 0 Å². The third-order valence-corrected chi connectivity index (χ3v) is 5.76. The van der Waals surface area contributed by atoms with Crippen molar-refractivity contribution in [2.45, 2.75) is 18.9 Å². The zero-order chi connectivity index (χ0) is 15.0. The lowest BCUT2D eigenvalue weighted by atomic mass is 10.1. The van der Waals surface area contributed by atoms with E-state index in [1.807, 2.05) is 42.3 Å². The number of carbonyl (C=O) groups excluding carboxylic acids is 1. The van der Waals surface area contributed by atoms with E-state index in [1.54, 1.807) is 11.3 Å². The van der Waals surface area contributed by atoms with Gasteiger partial charge in [0.15, 0.2) is 0 Å². The third-order valence-electron chi connectivity index (χ3n) is 3.81. The van der Waals surface area contributed by atoms with Crippen molar-refractivity contribution in [2.24, 2.45) is 5.92 Å². The van der Waals surface area contributed by atoms with Crippen molar-refractivity contribution in [1.82, 2.24) is 4.90 Å². The normalized spacial score (nSPS) is 20.3. The molecule has 2 atom stereocenters. The zero-order valence-electron chi connectivity index (χ0n) is 11.6. The van der Waals surface area contributed by atoms with Crippen molar-refractivity contribution in [3.63, 3.8) is 0 Å². The highest BCUT2D eigenvalue weighted by atomic mass is 79.9. The molecule has 0 N–H and O–H groups in total. The first-order chi connectivity index (χ1) is 10.1. The van der Waals surface area contributed by atoms with E-state index in [-0.39, 0.29) is 17.7 Å². The first kappa shape index (κ1) is 15.1. The Kier molecular flexibility index (Phi) is 4.38. The molecule has 1 heterocycles. The summed E-state index contributed by atoms with van der Waals surface area (Å²) in [6, 6.07) is 11.9. The topological polar surface area (TPSA) is 20.3 Å². The number of hydrogen-bond donors (Lipinski definition) is 0. The van der Waals surface area contributed by atoms with E-state index in [0.29, 0.717) is 6.54 Å². The van der Waals surface area contributed by atoms with Gasteiger partial charge < -0.3 is 4.90 Å². The highest BCUT2D eigenvalue weighted by Gasteiger charge is 2.45. The first-order valence-corrected chi connectivity index (χ1v) is 8.78. The minimum absolute atomic E-state index is 0.0818. The van der Waals surface area contributed by atoms with Gasteiger partial charge in [-0.2, -0.15) is 0 Å². The van der Waals surface area contributed by atoms with Gasteiger partial charge in [-0.05, 0) is 52.0 Å². The molecule has 2 nitrogen and oxygen atoms in total. The molecule has 2 aromatic rings. The van der Waals surface area contributed by atoms with Crippen molar-refractivity contribution >= 4 is 44.8 Å². The molecular weight excluding hydrogens is 370 g/mol. The molecule has 5 heteroatoms. The van der Waals surface area contributed by atoms with Crippen LogP contribution >= 0.6 is 38.9 Å². The van der Waals surface area contributed by atoms with Crippen LogP contribution in [0, 0.1) is 5.92 Å². The molecule has 1 aromatic carbocycles. The summed E-state index contributed by atoms with van der Waals surface area (Å²) in [5.74, 6) is 0.575. The average molecular weight is 385 g/mol. The van der Waals surface area contributed by atoms with Gasteiger partial charge in [0.25, 0.3) is 0 Å². The third kappa shape index (κ3) is 3.33. The van der Waals surface area contributed by atoms with Gasteiger partial charge in [-0.25, -0.2) is 0 Å². The van der Waals surface area contributed by atoms with Crippen LogP contribution in [0.3, 0.4) is 0 Å². The standard InChI is InChI=1S/C16H15BrClNOS/c1-19(9-10-6-7-15(17)21-10)16(20)13-8-12(13)11-4-2-3-5-14(11)18/h2-7,12-13H,8-9H2,1H3. The van der Waals surface area contributed by atoms with Gasteiger partial charge in [-0.1, -0.05) is 29.8 Å². The number of nitrogens with zero attached hydrogens (tertiary/aromatic N) is 1. The zero-order valence-corrected chi connectivity index (χ0v) is 14.7. The predicted molar refractivity (Wildman–Crippen MR) is 90.8 cm³/mol. The summed E-state index contributed by atoms with van der Waals surface area (Å²) in [7, 11) is 1.87. The monoisotopic (exact) mass is 383 g/mol. The summed E-state index contributed by atoms with van der Waals surface area (Å²) in [5.41, 5.74) is 1.10. The van der Waals surface area contributed by atoms with Crippen molar-refractivity contribution in [1.29, 1.82) is 0 Å². The lowest BCUT2D eigenvalue weighted by molar-refractivity contribution is -0.131. The molecule has 1 fully saturated rings. The van der Waals surface area contributed by atoms with Crippen molar-refractivity contribution in [3.05, 3.63) is 55.6 Å². The minimum atomic E-state index is 0.0818. The molecule has 0 spiro atoms. The minimum Gasteiger partial charge on any atom is -0.340 e. The van der Waals surface area contributed by atoms with Crippen molar-refractivity contribution in [2.75, 3.05) is 7.05 Å². The number of amides is 1. The number of benzene rings is 1. The maximum absolute atomic E-state index is 12.5. The average Bonchev–Trinajstić information content (AvgIpc) is 3.15. The Labute approximate surface area is 141 Å². The lowest BCUT2D eigenvalue weighted by Crippen LogP contribution is -2.27. The van der Waals surface area contributed by atoms with E-state index < -0.39 is 0 Å². The predicted octanol–water partition coefficient (Wildman–Crippen LogP) is 4.93. The van der Waals surface area contributed by atoms with Crippen LogP contribution in [0.2, 0.25) is 5.02 Å². The second-order valence-corrected chi connectivity index (χ2v) is 8.33. The Hall–Kier alpha value is -0.840. The second-order valence-electron chi connectivity index (χ2n) is 5.37. The molecule has 1 aromatic heterocycles. The second kappa shape index (κ2) is 6.11. The van der Waals surface area contributed by atoms with Crippen molar-refractivity contribution < 1.29 is 4.79 Å². The van der Waals surface area contributed by atoms with Gasteiger partial charge >= 0.3 is 0 Å². The van der Waals surface area contributed by atoms with E-state index in [2.05, 4.69) is 22.0 Å². The van der Waals surface area contributed by atoms with Crippen LogP contribution in [0.25, 0.3) is 0 Å². The number of hydrogen-bond acceptors (Lipinski definition) is 2. The fourth-order valence-electron chi connectivity index (χ4n) is 2.62. The molecule has 2 unspecified atom stereocenters. The van der Waals surface area contributed by atoms with Gasteiger partial charge in [0.1, 0.15) is 0 Å². The van der Waals surface area contributed by atoms with Gasteiger partial charge in [0, 0.05) is 22.9 Å². The van der Waals surface area contributed by atoms with Crippen LogP contribution in [-0.4, -0.2) is 17.9 Å². The molecular formula is C16H15BrClNOS. The fraction of sp³-hybridized carbons (Fsp3) is 0.312. The molecule has 1 amide bonds. The molecule has 110 valence electrons. The number of thiophene rings is 1. The number of rotatable bonds is 4. The Morgan fingerprint density at radius 3 is 2.81 bits per heavy atom. The maximum Gasteiger partial charge on any atom is 0.226 e. The molecule has 0 bridgehead atoms. The summed E-state index contributed by atoms with van der Waals surface area (Å²) < 4.78 is 1.10. The van der Waals surface area contributed by atoms with E-state index in [1.165, 1.54) is 4.88 Å². The summed E-state index contributed by atoms with van der Waals surface area (Å²) in [6.45, 7) is 0.668. The Balaban J connectivity index is 1.63. The highest BCUT2D eigenvalue weighted by molar-refractivity contribution is 9.11. The van der Waals surface area contributed by atoms with Gasteiger partial charge in [0.2, 0.25) is 5.91 Å². The Bertz CT molecular complexity index is 672. The summed E-state index contributed by atoms with van der Waals surface area (Å²) in [4.78, 5) is 15.5. The Morgan fingerprint density at radius 1 is 1.38 bits per heavy atom. The molecule has 21 heavy (non-hydrogen) atoms. The maximum atomic E-state index is 12.5. The molecule has 1 aliphatic rings. The summed E-state index contributed by atoms with van der Waals surface area (Å²) in [5, 5.41) is 0.766. The SMILES string of the molecule is CN(Cc1ccc(Br)s1)C(=O)C1CC1c1ccccc1Cl. The van der Waals surface area contributed by atoms with Crippen LogP contribution in [0.5, 0.6) is 0 Å². The van der Waals surface area contributed by atoms with E-state index in [9.17, 15) is 4.79 Å². The van der Waals surface area contributed by atoms with Crippen LogP contribution in [0.1, 0.15) is 22.8 Å². The van der Waals surface area contributed by atoms with E-state index in [0.717, 1.165) is 20.8 Å². The molecule has 3 rings (SSSR count). The summed E-state index contributed by atoms with van der Waals surface area (Å²) >= 11 is 11.3. The Morgan fingerprint density at radius 2 is 2.14 bits per heavy atom. The first-order valence-electron chi connectivity index (χ1n) is 6.80. The van der Waals surface area contributed by atoms with Crippen LogP contribution in [0.4, 0.5) is 0 Å². The number of carbonyl (C=O) groups is 1.